The second-order valence-corrected chi connectivity index (χ2v) is 7.30. The van der Waals surface area contributed by atoms with Gasteiger partial charge in [-0.1, -0.05) is 48.5 Å². The number of fused-ring (bicyclic) bond motifs is 1. The van der Waals surface area contributed by atoms with E-state index in [0.29, 0.717) is 12.3 Å². The highest BCUT2D eigenvalue weighted by molar-refractivity contribution is 8.03. The van der Waals surface area contributed by atoms with Gasteiger partial charge in [0.2, 0.25) is 11.8 Å². The number of amides is 2. The highest BCUT2D eigenvalue weighted by atomic mass is 32.2. The van der Waals surface area contributed by atoms with Gasteiger partial charge in [-0.2, -0.15) is 0 Å². The summed E-state index contributed by atoms with van der Waals surface area (Å²) in [6.45, 7) is 0.783. The molecule has 4 rings (SSSR count). The quantitative estimate of drug-likeness (QED) is 0.836. The minimum atomic E-state index is -0.0285. The summed E-state index contributed by atoms with van der Waals surface area (Å²) < 4.78 is 0. The Morgan fingerprint density at radius 1 is 1.04 bits per heavy atom. The fourth-order valence-electron chi connectivity index (χ4n) is 3.49. The Morgan fingerprint density at radius 2 is 1.81 bits per heavy atom. The predicted molar refractivity (Wildman–Crippen MR) is 106 cm³/mol. The smallest absolute Gasteiger partial charge is 0.247 e. The fraction of sp³-hybridized carbons (Fsp3) is 0.238. The molecule has 4 nitrogen and oxygen atoms in total. The van der Waals surface area contributed by atoms with E-state index in [1.165, 1.54) is 17.3 Å². The summed E-state index contributed by atoms with van der Waals surface area (Å²) in [5, 5.41) is 1.98. The Kier molecular flexibility index (Phi) is 4.80. The summed E-state index contributed by atoms with van der Waals surface area (Å²) in [5.41, 5.74) is 3.95. The van der Waals surface area contributed by atoms with Crippen LogP contribution < -0.4 is 4.90 Å². The molecule has 2 aromatic rings. The highest BCUT2D eigenvalue weighted by Crippen LogP contribution is 2.30. The number of carbonyl (C=O) groups is 2. The molecule has 0 unspecified atom stereocenters. The molecule has 0 aliphatic carbocycles. The van der Waals surface area contributed by atoms with Gasteiger partial charge in [0.05, 0.1) is 11.4 Å². The number of para-hydroxylation sites is 1. The van der Waals surface area contributed by atoms with Crippen molar-refractivity contribution in [2.75, 3.05) is 23.7 Å². The molecule has 26 heavy (non-hydrogen) atoms. The van der Waals surface area contributed by atoms with E-state index >= 15 is 0 Å². The lowest BCUT2D eigenvalue weighted by Crippen LogP contribution is -2.45. The summed E-state index contributed by atoms with van der Waals surface area (Å²) >= 11 is 1.48. The molecule has 0 atom stereocenters. The molecule has 2 aromatic carbocycles. The van der Waals surface area contributed by atoms with E-state index in [1.54, 1.807) is 4.90 Å². The van der Waals surface area contributed by atoms with Crippen LogP contribution in [-0.2, 0) is 16.0 Å². The van der Waals surface area contributed by atoms with Crippen LogP contribution in [0.2, 0.25) is 0 Å². The largest absolute Gasteiger partial charge is 0.311 e. The van der Waals surface area contributed by atoms with E-state index in [2.05, 4.69) is 6.07 Å². The average Bonchev–Trinajstić information content (AvgIpc) is 2.69. The first-order valence-electron chi connectivity index (χ1n) is 8.80. The van der Waals surface area contributed by atoms with Gasteiger partial charge in [0.15, 0.2) is 0 Å². The molecule has 132 valence electrons. The highest BCUT2D eigenvalue weighted by Gasteiger charge is 2.29. The van der Waals surface area contributed by atoms with Crippen molar-refractivity contribution in [1.29, 1.82) is 0 Å². The van der Waals surface area contributed by atoms with Gasteiger partial charge in [-0.15, -0.1) is 11.8 Å². The Hall–Kier alpha value is -2.53. The molecule has 0 aromatic heterocycles. The Morgan fingerprint density at radius 3 is 2.65 bits per heavy atom. The molecule has 2 amide bonds. The number of carbonyl (C=O) groups excluding carboxylic acids is 2. The predicted octanol–water partition coefficient (Wildman–Crippen LogP) is 3.54. The van der Waals surface area contributed by atoms with E-state index in [4.69, 9.17) is 0 Å². The molecule has 0 N–H and O–H groups in total. The maximum atomic E-state index is 13.0. The van der Waals surface area contributed by atoms with Gasteiger partial charge in [0.1, 0.15) is 6.54 Å². The number of thioether (sulfide) groups is 1. The molecule has 2 heterocycles. The van der Waals surface area contributed by atoms with E-state index < -0.39 is 0 Å². The molecule has 5 heteroatoms. The fourth-order valence-corrected chi connectivity index (χ4v) is 4.29. The minimum absolute atomic E-state index is 0.0185. The van der Waals surface area contributed by atoms with E-state index in [0.717, 1.165) is 29.8 Å². The third-order valence-electron chi connectivity index (χ3n) is 4.77. The van der Waals surface area contributed by atoms with Crippen LogP contribution in [0, 0.1) is 0 Å². The monoisotopic (exact) mass is 364 g/mol. The van der Waals surface area contributed by atoms with Crippen LogP contribution in [0.25, 0.3) is 5.70 Å². The summed E-state index contributed by atoms with van der Waals surface area (Å²) in [7, 11) is 0. The van der Waals surface area contributed by atoms with Gasteiger partial charge in [-0.05, 0) is 35.4 Å². The second-order valence-electron chi connectivity index (χ2n) is 6.44. The van der Waals surface area contributed by atoms with Crippen molar-refractivity contribution in [3.05, 3.63) is 71.1 Å². The summed E-state index contributed by atoms with van der Waals surface area (Å²) in [4.78, 5) is 29.0. The third kappa shape index (κ3) is 3.27. The van der Waals surface area contributed by atoms with Crippen molar-refractivity contribution in [1.82, 2.24) is 4.90 Å². The van der Waals surface area contributed by atoms with Crippen LogP contribution in [0.5, 0.6) is 0 Å². The molecule has 2 aliphatic heterocycles. The Bertz CT molecular complexity index is 863. The van der Waals surface area contributed by atoms with Gasteiger partial charge in [-0.25, -0.2) is 0 Å². The first-order valence-corrected chi connectivity index (χ1v) is 9.85. The van der Waals surface area contributed by atoms with E-state index in [9.17, 15) is 9.59 Å². The van der Waals surface area contributed by atoms with Crippen LogP contribution in [0.3, 0.4) is 0 Å². The van der Waals surface area contributed by atoms with E-state index in [1.807, 2.05) is 58.8 Å². The lowest BCUT2D eigenvalue weighted by Gasteiger charge is -2.33. The standard InChI is InChI=1S/C21H20N2O2S/c24-20(22-12-6-10-16-9-4-5-11-18(16)22)13-23-19(14-26-15-21(23)25)17-7-2-1-3-8-17/h1-5,7-9,11,14H,6,10,12-13,15H2. The molecular formula is C21H20N2O2S. The van der Waals surface area contributed by atoms with Gasteiger partial charge >= 0.3 is 0 Å². The molecule has 0 radical (unpaired) electrons. The molecule has 0 fully saturated rings. The van der Waals surface area contributed by atoms with Crippen LogP contribution in [0.15, 0.2) is 60.0 Å². The number of benzene rings is 2. The maximum Gasteiger partial charge on any atom is 0.247 e. The van der Waals surface area contributed by atoms with Gasteiger partial charge in [0, 0.05) is 12.2 Å². The number of aryl methyl sites for hydroxylation is 1. The zero-order valence-electron chi connectivity index (χ0n) is 14.4. The number of anilines is 1. The van der Waals surface area contributed by atoms with Crippen molar-refractivity contribution in [2.45, 2.75) is 12.8 Å². The summed E-state index contributed by atoms with van der Waals surface area (Å²) in [5.74, 6) is 0.328. The Labute approximate surface area is 157 Å². The molecule has 0 saturated carbocycles. The van der Waals surface area contributed by atoms with Crippen LogP contribution >= 0.6 is 11.8 Å². The SMILES string of the molecule is O=C1CSC=C(c2ccccc2)N1CC(=O)N1CCCc2ccccc21. The second kappa shape index (κ2) is 7.38. The number of rotatable bonds is 3. The van der Waals surface area contributed by atoms with Crippen molar-refractivity contribution in [3.63, 3.8) is 0 Å². The molecular weight excluding hydrogens is 344 g/mol. The number of hydrogen-bond acceptors (Lipinski definition) is 3. The molecule has 0 bridgehead atoms. The molecule has 2 aliphatic rings. The topological polar surface area (TPSA) is 40.6 Å². The minimum Gasteiger partial charge on any atom is -0.311 e. The van der Waals surface area contributed by atoms with Crippen molar-refractivity contribution >= 4 is 35.0 Å². The lowest BCUT2D eigenvalue weighted by molar-refractivity contribution is -0.130. The number of nitrogens with zero attached hydrogens (tertiary/aromatic N) is 2. The normalized spacial score (nSPS) is 16.9. The first-order chi connectivity index (χ1) is 12.7. The van der Waals surface area contributed by atoms with E-state index in [-0.39, 0.29) is 18.4 Å². The maximum absolute atomic E-state index is 13.0. The summed E-state index contributed by atoms with van der Waals surface area (Å²) in [6, 6.07) is 17.8. The average molecular weight is 364 g/mol. The van der Waals surface area contributed by atoms with Gasteiger partial charge < -0.3 is 9.80 Å². The van der Waals surface area contributed by atoms with Gasteiger partial charge in [-0.3, -0.25) is 9.59 Å². The van der Waals surface area contributed by atoms with Gasteiger partial charge in [0.25, 0.3) is 0 Å². The zero-order valence-corrected chi connectivity index (χ0v) is 15.2. The summed E-state index contributed by atoms with van der Waals surface area (Å²) in [6.07, 6.45) is 1.95. The number of hydrogen-bond donors (Lipinski definition) is 0. The lowest BCUT2D eigenvalue weighted by atomic mass is 10.0. The van der Waals surface area contributed by atoms with Crippen molar-refractivity contribution < 1.29 is 9.59 Å². The zero-order chi connectivity index (χ0) is 17.9. The first kappa shape index (κ1) is 16.9. The van der Waals surface area contributed by atoms with Crippen LogP contribution in [0.1, 0.15) is 17.5 Å². The van der Waals surface area contributed by atoms with Crippen molar-refractivity contribution in [2.24, 2.45) is 0 Å². The van der Waals surface area contributed by atoms with Crippen LogP contribution in [0.4, 0.5) is 5.69 Å². The van der Waals surface area contributed by atoms with Crippen LogP contribution in [-0.4, -0.2) is 35.6 Å². The third-order valence-corrected chi connectivity index (χ3v) is 5.57. The Balaban J connectivity index is 1.59. The molecule has 0 saturated heterocycles. The van der Waals surface area contributed by atoms with Crippen molar-refractivity contribution in [3.8, 4) is 0 Å². The molecule has 0 spiro atoms.